The fourth-order valence-electron chi connectivity index (χ4n) is 2.20. The van der Waals surface area contributed by atoms with Crippen molar-refractivity contribution in [3.63, 3.8) is 0 Å². The van der Waals surface area contributed by atoms with Crippen LogP contribution in [0.1, 0.15) is 21.5 Å². The molecule has 0 aliphatic rings. The molecule has 2 N–H and O–H groups in total. The number of halogens is 5. The van der Waals surface area contributed by atoms with Crippen LogP contribution < -0.4 is 10.6 Å². The van der Waals surface area contributed by atoms with Gasteiger partial charge in [0.1, 0.15) is 11.6 Å². The van der Waals surface area contributed by atoms with Gasteiger partial charge in [-0.25, -0.2) is 8.78 Å². The van der Waals surface area contributed by atoms with Gasteiger partial charge in [-0.3, -0.25) is 9.59 Å². The summed E-state index contributed by atoms with van der Waals surface area (Å²) in [6, 6.07) is 6.97. The summed E-state index contributed by atoms with van der Waals surface area (Å²) >= 11 is 0. The average molecular weight is 386 g/mol. The van der Waals surface area contributed by atoms with Crippen molar-refractivity contribution in [1.82, 2.24) is 10.6 Å². The highest BCUT2D eigenvalue weighted by atomic mass is 19.4. The molecule has 0 spiro atoms. The van der Waals surface area contributed by atoms with Gasteiger partial charge in [-0.15, -0.1) is 0 Å². The third kappa shape index (κ3) is 6.05. The SMILES string of the molecule is O=C(CNC(=O)c1ccc(F)cc1F)NCCc1ccc(C(F)(F)F)cc1. The molecule has 4 nitrogen and oxygen atoms in total. The Hall–Kier alpha value is -2.97. The largest absolute Gasteiger partial charge is 0.416 e. The third-order valence-electron chi connectivity index (χ3n) is 3.60. The van der Waals surface area contributed by atoms with Gasteiger partial charge in [0.25, 0.3) is 5.91 Å². The average Bonchev–Trinajstić information content (AvgIpc) is 2.59. The molecule has 2 aromatic rings. The highest BCUT2D eigenvalue weighted by Crippen LogP contribution is 2.29. The zero-order valence-electron chi connectivity index (χ0n) is 13.9. The van der Waals surface area contributed by atoms with Crippen LogP contribution in [-0.4, -0.2) is 24.9 Å². The number of hydrogen-bond donors (Lipinski definition) is 2. The van der Waals surface area contributed by atoms with Crippen molar-refractivity contribution in [1.29, 1.82) is 0 Å². The predicted octanol–water partition coefficient (Wildman–Crippen LogP) is 3.07. The number of amides is 2. The van der Waals surface area contributed by atoms with Gasteiger partial charge in [-0.2, -0.15) is 13.2 Å². The van der Waals surface area contributed by atoms with Crippen molar-refractivity contribution in [3.05, 3.63) is 70.8 Å². The lowest BCUT2D eigenvalue weighted by molar-refractivity contribution is -0.137. The lowest BCUT2D eigenvalue weighted by atomic mass is 10.1. The predicted molar refractivity (Wildman–Crippen MR) is 86.8 cm³/mol. The third-order valence-corrected chi connectivity index (χ3v) is 3.60. The van der Waals surface area contributed by atoms with Crippen molar-refractivity contribution in [2.45, 2.75) is 12.6 Å². The van der Waals surface area contributed by atoms with Crippen LogP contribution in [0.15, 0.2) is 42.5 Å². The van der Waals surface area contributed by atoms with E-state index in [2.05, 4.69) is 10.6 Å². The van der Waals surface area contributed by atoms with Crippen LogP contribution in [0.2, 0.25) is 0 Å². The zero-order valence-corrected chi connectivity index (χ0v) is 13.9. The molecular weight excluding hydrogens is 371 g/mol. The summed E-state index contributed by atoms with van der Waals surface area (Å²) in [7, 11) is 0. The molecule has 27 heavy (non-hydrogen) atoms. The number of nitrogens with one attached hydrogen (secondary N) is 2. The van der Waals surface area contributed by atoms with Crippen LogP contribution in [0, 0.1) is 11.6 Å². The van der Waals surface area contributed by atoms with Gasteiger partial charge < -0.3 is 10.6 Å². The molecule has 0 aliphatic heterocycles. The molecule has 0 radical (unpaired) electrons. The molecule has 144 valence electrons. The van der Waals surface area contributed by atoms with E-state index in [1.54, 1.807) is 0 Å². The van der Waals surface area contributed by atoms with Gasteiger partial charge in [0.15, 0.2) is 0 Å². The van der Waals surface area contributed by atoms with Crippen molar-refractivity contribution in [2.24, 2.45) is 0 Å². The number of carbonyl (C=O) groups excluding carboxylic acids is 2. The minimum Gasteiger partial charge on any atom is -0.354 e. The molecule has 0 aromatic heterocycles. The lowest BCUT2D eigenvalue weighted by Crippen LogP contribution is -2.38. The fraction of sp³-hybridized carbons (Fsp3) is 0.222. The minimum absolute atomic E-state index is 0.144. The minimum atomic E-state index is -4.41. The first-order valence-corrected chi connectivity index (χ1v) is 7.83. The standard InChI is InChI=1S/C18H15F5N2O2/c19-13-5-6-14(15(20)9-13)17(27)25-10-16(26)24-8-7-11-1-3-12(4-2-11)18(21,22)23/h1-6,9H,7-8,10H2,(H,24,26)(H,25,27). The van der Waals surface area contributed by atoms with Gasteiger partial charge in [0.05, 0.1) is 17.7 Å². The first-order chi connectivity index (χ1) is 12.7. The Morgan fingerprint density at radius 2 is 1.59 bits per heavy atom. The highest BCUT2D eigenvalue weighted by Gasteiger charge is 2.29. The molecule has 0 fully saturated rings. The molecular formula is C18H15F5N2O2. The van der Waals surface area contributed by atoms with E-state index in [4.69, 9.17) is 0 Å². The summed E-state index contributed by atoms with van der Waals surface area (Å²) < 4.78 is 63.6. The van der Waals surface area contributed by atoms with E-state index in [-0.39, 0.29) is 6.54 Å². The first-order valence-electron chi connectivity index (χ1n) is 7.83. The van der Waals surface area contributed by atoms with Crippen LogP contribution in [-0.2, 0) is 17.4 Å². The Morgan fingerprint density at radius 3 is 2.19 bits per heavy atom. The van der Waals surface area contributed by atoms with Gasteiger partial charge in [0.2, 0.25) is 5.91 Å². The van der Waals surface area contributed by atoms with E-state index in [1.165, 1.54) is 12.1 Å². The maximum Gasteiger partial charge on any atom is 0.416 e. The van der Waals surface area contributed by atoms with Crippen molar-refractivity contribution < 1.29 is 31.5 Å². The van der Waals surface area contributed by atoms with Crippen molar-refractivity contribution in [2.75, 3.05) is 13.1 Å². The van der Waals surface area contributed by atoms with Crippen molar-refractivity contribution >= 4 is 11.8 Å². The van der Waals surface area contributed by atoms with Gasteiger partial charge in [0, 0.05) is 12.6 Å². The molecule has 0 heterocycles. The normalized spacial score (nSPS) is 11.1. The fourth-order valence-corrected chi connectivity index (χ4v) is 2.20. The molecule has 0 bridgehead atoms. The molecule has 2 amide bonds. The van der Waals surface area contributed by atoms with E-state index in [1.807, 2.05) is 0 Å². The second kappa shape index (κ2) is 8.61. The molecule has 0 atom stereocenters. The summed E-state index contributed by atoms with van der Waals surface area (Å²) in [5.74, 6) is -3.30. The highest BCUT2D eigenvalue weighted by molar-refractivity contribution is 5.96. The van der Waals surface area contributed by atoms with Gasteiger partial charge in [-0.1, -0.05) is 12.1 Å². The van der Waals surface area contributed by atoms with Gasteiger partial charge >= 0.3 is 6.18 Å². The van der Waals surface area contributed by atoms with E-state index >= 15 is 0 Å². The topological polar surface area (TPSA) is 58.2 Å². The number of alkyl halides is 3. The van der Waals surface area contributed by atoms with Crippen molar-refractivity contribution in [3.8, 4) is 0 Å². The number of hydrogen-bond acceptors (Lipinski definition) is 2. The van der Waals surface area contributed by atoms with Gasteiger partial charge in [-0.05, 0) is 36.2 Å². The lowest BCUT2D eigenvalue weighted by Gasteiger charge is -2.09. The van der Waals surface area contributed by atoms with Crippen LogP contribution in [0.25, 0.3) is 0 Å². The summed E-state index contributed by atoms with van der Waals surface area (Å²) in [4.78, 5) is 23.4. The van der Waals surface area contributed by atoms with E-state index in [9.17, 15) is 31.5 Å². The van der Waals surface area contributed by atoms with Crippen LogP contribution in [0.4, 0.5) is 22.0 Å². The van der Waals surface area contributed by atoms with Crippen LogP contribution >= 0.6 is 0 Å². The molecule has 0 saturated heterocycles. The van der Waals surface area contributed by atoms with E-state index < -0.39 is 47.3 Å². The maximum atomic E-state index is 13.4. The summed E-state index contributed by atoms with van der Waals surface area (Å²) in [5, 5.41) is 4.67. The smallest absolute Gasteiger partial charge is 0.354 e. The summed E-state index contributed by atoms with van der Waals surface area (Å²) in [5.41, 5.74) is -0.555. The second-order valence-electron chi connectivity index (χ2n) is 5.60. The Morgan fingerprint density at radius 1 is 0.926 bits per heavy atom. The monoisotopic (exact) mass is 386 g/mol. The molecule has 0 aliphatic carbocycles. The van der Waals surface area contributed by atoms with Crippen LogP contribution in [0.5, 0.6) is 0 Å². The van der Waals surface area contributed by atoms with E-state index in [0.717, 1.165) is 24.3 Å². The number of benzene rings is 2. The quantitative estimate of drug-likeness (QED) is 0.750. The zero-order chi connectivity index (χ0) is 20.0. The molecule has 0 saturated carbocycles. The Labute approximate surface area is 151 Å². The van der Waals surface area contributed by atoms with Crippen LogP contribution in [0.3, 0.4) is 0 Å². The molecule has 2 aromatic carbocycles. The molecule has 2 rings (SSSR count). The number of carbonyl (C=O) groups is 2. The maximum absolute atomic E-state index is 13.4. The molecule has 9 heteroatoms. The Kier molecular flexibility index (Phi) is 6.49. The summed E-state index contributed by atoms with van der Waals surface area (Å²) in [6.45, 7) is -0.284. The van der Waals surface area contributed by atoms with E-state index in [0.29, 0.717) is 18.1 Å². The summed E-state index contributed by atoms with van der Waals surface area (Å²) in [6.07, 6.45) is -4.11. The second-order valence-corrected chi connectivity index (χ2v) is 5.60. The first kappa shape index (κ1) is 20.3. The molecule has 0 unspecified atom stereocenters. The Balaban J connectivity index is 1.75. The number of rotatable bonds is 6. The Bertz CT molecular complexity index is 819.